The summed E-state index contributed by atoms with van der Waals surface area (Å²) in [5.74, 6) is 0.303. The lowest BCUT2D eigenvalue weighted by atomic mass is 10.1. The minimum atomic E-state index is 0. The maximum atomic E-state index is 12.8. The lowest BCUT2D eigenvalue weighted by Crippen LogP contribution is -2.48. The topological polar surface area (TPSA) is 35.6 Å². The lowest BCUT2D eigenvalue weighted by Gasteiger charge is -2.31. The Hall–Kier alpha value is -0.810. The van der Waals surface area contributed by atoms with E-state index >= 15 is 0 Å². The van der Waals surface area contributed by atoms with Crippen molar-refractivity contribution in [1.29, 1.82) is 0 Å². The molecule has 0 saturated carbocycles. The van der Waals surface area contributed by atoms with Crippen LogP contribution in [-0.2, 0) is 11.3 Å². The van der Waals surface area contributed by atoms with E-state index in [9.17, 15) is 4.79 Å². The van der Waals surface area contributed by atoms with Gasteiger partial charge in [-0.2, -0.15) is 0 Å². The first-order valence-corrected chi connectivity index (χ1v) is 8.01. The minimum absolute atomic E-state index is 0. The molecule has 2 fully saturated rings. The van der Waals surface area contributed by atoms with E-state index < -0.39 is 0 Å². The van der Waals surface area contributed by atoms with E-state index in [1.165, 1.54) is 5.56 Å². The Morgan fingerprint density at radius 1 is 1.26 bits per heavy atom. The molecule has 1 amide bonds. The second kappa shape index (κ2) is 9.48. The smallest absolute Gasteiger partial charge is 0.239 e. The fraction of sp³-hybridized carbons (Fsp3) is 0.588. The quantitative estimate of drug-likeness (QED) is 0.895. The van der Waals surface area contributed by atoms with Crippen molar-refractivity contribution in [2.75, 3.05) is 26.7 Å². The Balaban J connectivity index is 0.00000132. The average molecular weight is 360 g/mol. The molecule has 23 heavy (non-hydrogen) atoms. The van der Waals surface area contributed by atoms with Crippen molar-refractivity contribution in [3.05, 3.63) is 35.9 Å². The SMILES string of the molecule is CN(C(=O)C1CCCN1Cc1ccccc1)C1CCNC1.Cl.Cl. The molecule has 1 N–H and O–H groups in total. The summed E-state index contributed by atoms with van der Waals surface area (Å²) in [6, 6.07) is 10.9. The first kappa shape index (κ1) is 20.2. The zero-order valence-electron chi connectivity index (χ0n) is 13.6. The van der Waals surface area contributed by atoms with Crippen molar-refractivity contribution in [3.63, 3.8) is 0 Å². The van der Waals surface area contributed by atoms with Crippen molar-refractivity contribution in [3.8, 4) is 0 Å². The predicted molar refractivity (Wildman–Crippen MR) is 98.4 cm³/mol. The molecule has 1 aromatic carbocycles. The molecule has 1 aromatic rings. The third-order valence-electron chi connectivity index (χ3n) is 4.81. The zero-order chi connectivity index (χ0) is 14.7. The summed E-state index contributed by atoms with van der Waals surface area (Å²) in [5.41, 5.74) is 1.29. The number of rotatable bonds is 4. The minimum Gasteiger partial charge on any atom is -0.340 e. The molecule has 0 aromatic heterocycles. The van der Waals surface area contributed by atoms with Gasteiger partial charge < -0.3 is 10.2 Å². The largest absolute Gasteiger partial charge is 0.340 e. The molecule has 2 unspecified atom stereocenters. The second-order valence-electron chi connectivity index (χ2n) is 6.21. The molecule has 2 saturated heterocycles. The van der Waals surface area contributed by atoms with Crippen LogP contribution < -0.4 is 5.32 Å². The molecule has 3 rings (SSSR count). The Kier molecular flexibility index (Phi) is 8.34. The highest BCUT2D eigenvalue weighted by Crippen LogP contribution is 2.23. The Morgan fingerprint density at radius 3 is 2.65 bits per heavy atom. The highest BCUT2D eigenvalue weighted by atomic mass is 35.5. The third kappa shape index (κ3) is 4.83. The van der Waals surface area contributed by atoms with E-state index in [4.69, 9.17) is 0 Å². The van der Waals surface area contributed by atoms with E-state index in [-0.39, 0.29) is 30.9 Å². The summed E-state index contributed by atoms with van der Waals surface area (Å²) in [7, 11) is 1.97. The van der Waals surface area contributed by atoms with E-state index in [0.717, 1.165) is 45.4 Å². The fourth-order valence-corrected chi connectivity index (χ4v) is 3.50. The summed E-state index contributed by atoms with van der Waals surface area (Å²) in [4.78, 5) is 17.1. The van der Waals surface area contributed by atoms with Crippen molar-refractivity contribution in [2.24, 2.45) is 0 Å². The van der Waals surface area contributed by atoms with Gasteiger partial charge in [0.1, 0.15) is 0 Å². The molecule has 2 heterocycles. The number of nitrogens with zero attached hydrogens (tertiary/aromatic N) is 2. The molecule has 0 bridgehead atoms. The number of nitrogens with one attached hydrogen (secondary N) is 1. The number of amides is 1. The van der Waals surface area contributed by atoms with Crippen LogP contribution >= 0.6 is 24.8 Å². The standard InChI is InChI=1S/C17H25N3O.2ClH/c1-19(15-9-10-18-12-15)17(21)16-8-5-11-20(16)13-14-6-3-2-4-7-14;;/h2-4,6-7,15-16,18H,5,8-13H2,1H3;2*1H. The number of benzene rings is 1. The van der Waals surface area contributed by atoms with Crippen molar-refractivity contribution in [2.45, 2.75) is 37.9 Å². The molecular weight excluding hydrogens is 333 g/mol. The number of carbonyl (C=O) groups excluding carboxylic acids is 1. The molecule has 0 radical (unpaired) electrons. The number of hydrogen-bond donors (Lipinski definition) is 1. The number of carbonyl (C=O) groups is 1. The van der Waals surface area contributed by atoms with Gasteiger partial charge in [0, 0.05) is 26.2 Å². The number of halogens is 2. The number of likely N-dealkylation sites (tertiary alicyclic amines) is 1. The average Bonchev–Trinajstić information content (AvgIpc) is 3.18. The summed E-state index contributed by atoms with van der Waals surface area (Å²) >= 11 is 0. The molecule has 0 spiro atoms. The van der Waals surface area contributed by atoms with Crippen LogP contribution in [0.25, 0.3) is 0 Å². The normalized spacial score (nSPS) is 23.9. The van der Waals surface area contributed by atoms with Crippen LogP contribution in [0.1, 0.15) is 24.8 Å². The van der Waals surface area contributed by atoms with Crippen LogP contribution in [0.5, 0.6) is 0 Å². The van der Waals surface area contributed by atoms with Gasteiger partial charge in [0.2, 0.25) is 5.91 Å². The van der Waals surface area contributed by atoms with Gasteiger partial charge in [-0.25, -0.2) is 0 Å². The van der Waals surface area contributed by atoms with Crippen LogP contribution in [0.15, 0.2) is 30.3 Å². The second-order valence-corrected chi connectivity index (χ2v) is 6.21. The van der Waals surface area contributed by atoms with E-state index in [2.05, 4.69) is 34.5 Å². The van der Waals surface area contributed by atoms with Crippen LogP contribution in [0.3, 0.4) is 0 Å². The maximum Gasteiger partial charge on any atom is 0.239 e. The summed E-state index contributed by atoms with van der Waals surface area (Å²) in [6.45, 7) is 3.88. The molecular formula is C17H27Cl2N3O. The monoisotopic (exact) mass is 359 g/mol. The van der Waals surface area contributed by atoms with Gasteiger partial charge in [-0.05, 0) is 37.9 Å². The van der Waals surface area contributed by atoms with Crippen molar-refractivity contribution < 1.29 is 4.79 Å². The van der Waals surface area contributed by atoms with E-state index in [0.29, 0.717) is 11.9 Å². The highest BCUT2D eigenvalue weighted by molar-refractivity contribution is 5.85. The Labute approximate surface area is 151 Å². The van der Waals surface area contributed by atoms with Gasteiger partial charge in [-0.1, -0.05) is 30.3 Å². The van der Waals surface area contributed by atoms with Gasteiger partial charge in [-0.15, -0.1) is 24.8 Å². The maximum absolute atomic E-state index is 12.8. The molecule has 6 heteroatoms. The van der Waals surface area contributed by atoms with Crippen LogP contribution in [-0.4, -0.2) is 54.5 Å². The van der Waals surface area contributed by atoms with Crippen LogP contribution in [0, 0.1) is 0 Å². The van der Waals surface area contributed by atoms with E-state index in [1.54, 1.807) is 0 Å². The molecule has 2 atom stereocenters. The predicted octanol–water partition coefficient (Wildman–Crippen LogP) is 2.31. The van der Waals surface area contributed by atoms with Crippen molar-refractivity contribution in [1.82, 2.24) is 15.1 Å². The summed E-state index contributed by atoms with van der Waals surface area (Å²) in [6.07, 6.45) is 3.20. The third-order valence-corrected chi connectivity index (χ3v) is 4.81. The van der Waals surface area contributed by atoms with Gasteiger partial charge in [0.15, 0.2) is 0 Å². The molecule has 4 nitrogen and oxygen atoms in total. The molecule has 2 aliphatic rings. The fourth-order valence-electron chi connectivity index (χ4n) is 3.50. The summed E-state index contributed by atoms with van der Waals surface area (Å²) < 4.78 is 0. The first-order chi connectivity index (χ1) is 10.3. The Bertz CT molecular complexity index is 480. The Morgan fingerprint density at radius 2 is 2.00 bits per heavy atom. The molecule has 0 aliphatic carbocycles. The zero-order valence-corrected chi connectivity index (χ0v) is 15.2. The number of likely N-dealkylation sites (N-methyl/N-ethyl adjacent to an activating group) is 1. The molecule has 2 aliphatic heterocycles. The lowest BCUT2D eigenvalue weighted by molar-refractivity contribution is -0.136. The van der Waals surface area contributed by atoms with Gasteiger partial charge >= 0.3 is 0 Å². The first-order valence-electron chi connectivity index (χ1n) is 8.01. The van der Waals surface area contributed by atoms with Gasteiger partial charge in [0.25, 0.3) is 0 Å². The van der Waals surface area contributed by atoms with Gasteiger partial charge in [0.05, 0.1) is 6.04 Å². The number of hydrogen-bond acceptors (Lipinski definition) is 3. The molecule has 130 valence electrons. The van der Waals surface area contributed by atoms with Crippen molar-refractivity contribution >= 4 is 30.7 Å². The van der Waals surface area contributed by atoms with Gasteiger partial charge in [-0.3, -0.25) is 9.69 Å². The van der Waals surface area contributed by atoms with Crippen LogP contribution in [0.2, 0.25) is 0 Å². The summed E-state index contributed by atoms with van der Waals surface area (Å²) in [5, 5.41) is 3.34. The van der Waals surface area contributed by atoms with E-state index in [1.807, 2.05) is 18.0 Å². The van der Waals surface area contributed by atoms with Crippen LogP contribution in [0.4, 0.5) is 0 Å². The highest BCUT2D eigenvalue weighted by Gasteiger charge is 2.35.